The lowest BCUT2D eigenvalue weighted by molar-refractivity contribution is -0.138. The van der Waals surface area contributed by atoms with Gasteiger partial charge in [0.15, 0.2) is 5.41 Å². The Hall–Kier alpha value is -4.08. The van der Waals surface area contributed by atoms with Crippen LogP contribution in [0.1, 0.15) is 34.2 Å². The van der Waals surface area contributed by atoms with Crippen molar-refractivity contribution in [2.24, 2.45) is 5.41 Å². The highest BCUT2D eigenvalue weighted by molar-refractivity contribution is 7.92. The van der Waals surface area contributed by atoms with E-state index in [4.69, 9.17) is 0 Å². The van der Waals surface area contributed by atoms with Crippen LogP contribution in [-0.2, 0) is 16.2 Å². The standard InChI is InChI=1S/C27H20F3N3O2S/c1-3-22-20-8-5-7-11-24(20)33(36(34,35)19-14-12-18(2)13-15-19)25(26(22,16-31)17-32)21-9-4-6-10-23(21)27(28,29)30/h3-15,22,25H,1H2,2H3. The molecule has 36 heavy (non-hydrogen) atoms. The average molecular weight is 508 g/mol. The molecule has 0 bridgehead atoms. The van der Waals surface area contributed by atoms with Crippen LogP contribution in [0.25, 0.3) is 0 Å². The topological polar surface area (TPSA) is 85.0 Å². The molecule has 1 aliphatic rings. The fourth-order valence-corrected chi connectivity index (χ4v) is 6.44. The number of fused-ring (bicyclic) bond motifs is 1. The zero-order valence-electron chi connectivity index (χ0n) is 19.1. The Morgan fingerprint density at radius 2 is 1.50 bits per heavy atom. The second kappa shape index (κ2) is 8.85. The number of nitriles is 2. The number of hydrogen-bond donors (Lipinski definition) is 0. The quantitative estimate of drug-likeness (QED) is 0.390. The number of rotatable bonds is 4. The molecule has 182 valence electrons. The molecular weight excluding hydrogens is 487 g/mol. The highest BCUT2D eigenvalue weighted by Crippen LogP contribution is 2.58. The summed E-state index contributed by atoms with van der Waals surface area (Å²) < 4.78 is 71.6. The molecule has 0 aromatic heterocycles. The normalized spacial score (nSPS) is 19.0. The molecule has 0 saturated carbocycles. The zero-order valence-corrected chi connectivity index (χ0v) is 19.9. The maximum absolute atomic E-state index is 14.2. The van der Waals surface area contributed by atoms with Crippen molar-refractivity contribution < 1.29 is 21.6 Å². The van der Waals surface area contributed by atoms with Crippen molar-refractivity contribution in [2.75, 3.05) is 4.31 Å². The summed E-state index contributed by atoms with van der Waals surface area (Å²) in [7, 11) is -4.55. The number of para-hydroxylation sites is 1. The Bertz CT molecular complexity index is 1500. The number of anilines is 1. The Kier molecular flexibility index (Phi) is 6.15. The van der Waals surface area contributed by atoms with Crippen LogP contribution >= 0.6 is 0 Å². The van der Waals surface area contributed by atoms with E-state index in [1.807, 2.05) is 12.1 Å². The van der Waals surface area contributed by atoms with Crippen LogP contribution in [-0.4, -0.2) is 8.42 Å². The minimum atomic E-state index is -4.87. The highest BCUT2D eigenvalue weighted by Gasteiger charge is 2.58. The smallest absolute Gasteiger partial charge is 0.256 e. The molecule has 0 aliphatic carbocycles. The first kappa shape index (κ1) is 25.0. The second-order valence-electron chi connectivity index (χ2n) is 8.47. The first-order chi connectivity index (χ1) is 17.0. The summed E-state index contributed by atoms with van der Waals surface area (Å²) >= 11 is 0. The van der Waals surface area contributed by atoms with Crippen LogP contribution in [0.3, 0.4) is 0 Å². The minimum absolute atomic E-state index is 0.0751. The van der Waals surface area contributed by atoms with Crippen LogP contribution in [0.4, 0.5) is 18.9 Å². The average Bonchev–Trinajstić information content (AvgIpc) is 2.86. The first-order valence-corrected chi connectivity index (χ1v) is 12.3. The van der Waals surface area contributed by atoms with Crippen LogP contribution in [0.5, 0.6) is 0 Å². The number of sulfonamides is 1. The lowest BCUT2D eigenvalue weighted by atomic mass is 9.64. The van der Waals surface area contributed by atoms with Gasteiger partial charge in [0.05, 0.1) is 28.3 Å². The molecule has 0 spiro atoms. The van der Waals surface area contributed by atoms with Crippen LogP contribution in [0.15, 0.2) is 90.3 Å². The van der Waals surface area contributed by atoms with Gasteiger partial charge in [0.25, 0.3) is 10.0 Å². The predicted molar refractivity (Wildman–Crippen MR) is 128 cm³/mol. The van der Waals surface area contributed by atoms with Crippen molar-refractivity contribution in [1.29, 1.82) is 10.5 Å². The van der Waals surface area contributed by atoms with Gasteiger partial charge in [-0.3, -0.25) is 4.31 Å². The third kappa shape index (κ3) is 3.73. The summed E-state index contributed by atoms with van der Waals surface area (Å²) in [6.07, 6.45) is -3.56. The van der Waals surface area contributed by atoms with Gasteiger partial charge < -0.3 is 0 Å². The van der Waals surface area contributed by atoms with E-state index in [9.17, 15) is 32.1 Å². The molecule has 1 aliphatic heterocycles. The Morgan fingerprint density at radius 1 is 0.944 bits per heavy atom. The lowest BCUT2D eigenvalue weighted by Gasteiger charge is -2.48. The molecule has 0 radical (unpaired) electrons. The van der Waals surface area contributed by atoms with Gasteiger partial charge in [-0.1, -0.05) is 60.2 Å². The molecule has 0 amide bonds. The summed E-state index contributed by atoms with van der Waals surface area (Å²) in [5.74, 6) is -1.07. The molecule has 3 aromatic carbocycles. The van der Waals surface area contributed by atoms with E-state index < -0.39 is 44.7 Å². The molecule has 0 N–H and O–H groups in total. The maximum atomic E-state index is 14.2. The van der Waals surface area contributed by atoms with E-state index in [1.165, 1.54) is 36.4 Å². The van der Waals surface area contributed by atoms with Crippen LogP contribution in [0.2, 0.25) is 0 Å². The number of allylic oxidation sites excluding steroid dienone is 1. The number of halogens is 3. The first-order valence-electron chi connectivity index (χ1n) is 10.8. The minimum Gasteiger partial charge on any atom is -0.256 e. The summed E-state index contributed by atoms with van der Waals surface area (Å²) in [4.78, 5) is -0.181. The molecule has 3 aromatic rings. The molecule has 9 heteroatoms. The summed E-state index contributed by atoms with van der Waals surface area (Å²) in [5, 5.41) is 20.7. The van der Waals surface area contributed by atoms with Crippen LogP contribution in [0, 0.1) is 35.0 Å². The molecule has 2 unspecified atom stereocenters. The molecule has 4 rings (SSSR count). The van der Waals surface area contributed by atoms with Crippen molar-refractivity contribution in [3.63, 3.8) is 0 Å². The van der Waals surface area contributed by atoms with Crippen molar-refractivity contribution >= 4 is 15.7 Å². The van der Waals surface area contributed by atoms with Gasteiger partial charge in [-0.25, -0.2) is 8.42 Å². The van der Waals surface area contributed by atoms with Crippen molar-refractivity contribution in [1.82, 2.24) is 0 Å². The van der Waals surface area contributed by atoms with Crippen molar-refractivity contribution in [2.45, 2.75) is 30.0 Å². The van der Waals surface area contributed by atoms with Gasteiger partial charge >= 0.3 is 6.18 Å². The number of aryl methyl sites for hydroxylation is 1. The zero-order chi connectivity index (χ0) is 26.3. The number of alkyl halides is 3. The fraction of sp³-hybridized carbons (Fsp3) is 0.185. The van der Waals surface area contributed by atoms with Gasteiger partial charge in [-0.15, -0.1) is 6.58 Å². The van der Waals surface area contributed by atoms with Crippen LogP contribution < -0.4 is 4.31 Å². The van der Waals surface area contributed by atoms with E-state index >= 15 is 0 Å². The van der Waals surface area contributed by atoms with E-state index in [2.05, 4.69) is 6.58 Å². The molecule has 0 fully saturated rings. The largest absolute Gasteiger partial charge is 0.416 e. The van der Waals surface area contributed by atoms with E-state index in [1.54, 1.807) is 37.3 Å². The molecule has 1 heterocycles. The third-order valence-electron chi connectivity index (χ3n) is 6.41. The Morgan fingerprint density at radius 3 is 2.06 bits per heavy atom. The summed E-state index contributed by atoms with van der Waals surface area (Å²) in [5.41, 5.74) is -2.73. The van der Waals surface area contributed by atoms with Gasteiger partial charge in [0, 0.05) is 5.92 Å². The van der Waals surface area contributed by atoms with E-state index in [-0.39, 0.29) is 10.6 Å². The molecular formula is C27H20F3N3O2S. The predicted octanol–water partition coefficient (Wildman–Crippen LogP) is 6.27. The fourth-order valence-electron chi connectivity index (χ4n) is 4.75. The van der Waals surface area contributed by atoms with Gasteiger partial charge in [0.2, 0.25) is 0 Å². The van der Waals surface area contributed by atoms with Gasteiger partial charge in [-0.2, -0.15) is 23.7 Å². The lowest BCUT2D eigenvalue weighted by Crippen LogP contribution is -2.50. The number of hydrogen-bond acceptors (Lipinski definition) is 4. The Balaban J connectivity index is 2.18. The summed E-state index contributed by atoms with van der Waals surface area (Å²) in [6, 6.07) is 18.4. The SMILES string of the molecule is C=CC1c2ccccc2N(S(=O)(=O)c2ccc(C)cc2)C(c2ccccc2C(F)(F)F)C1(C#N)C#N. The monoisotopic (exact) mass is 507 g/mol. The van der Waals surface area contributed by atoms with Crippen molar-refractivity contribution in [3.05, 3.63) is 108 Å². The maximum Gasteiger partial charge on any atom is 0.416 e. The van der Waals surface area contributed by atoms with Gasteiger partial charge in [0.1, 0.15) is 6.04 Å². The van der Waals surface area contributed by atoms with E-state index in [0.717, 1.165) is 22.0 Å². The number of nitrogens with zero attached hydrogens (tertiary/aromatic N) is 3. The van der Waals surface area contributed by atoms with Gasteiger partial charge in [-0.05, 0) is 42.3 Å². The number of benzene rings is 3. The molecule has 5 nitrogen and oxygen atoms in total. The molecule has 2 atom stereocenters. The summed E-state index contributed by atoms with van der Waals surface area (Å²) in [6.45, 7) is 5.50. The molecule has 0 saturated heterocycles. The highest BCUT2D eigenvalue weighted by atomic mass is 32.2. The van der Waals surface area contributed by atoms with E-state index in [0.29, 0.717) is 5.56 Å². The second-order valence-corrected chi connectivity index (χ2v) is 10.3. The Labute approximate surface area is 207 Å². The third-order valence-corrected chi connectivity index (χ3v) is 8.20. The van der Waals surface area contributed by atoms with Crippen molar-refractivity contribution in [3.8, 4) is 12.1 Å².